The Morgan fingerprint density at radius 1 is 1.07 bits per heavy atom. The number of aliphatic hydroxyl groups excluding tert-OH is 1. The monoisotopic (exact) mass is 369 g/mol. The lowest BCUT2D eigenvalue weighted by Crippen LogP contribution is -2.35. The van der Waals surface area contributed by atoms with Gasteiger partial charge in [0.15, 0.2) is 0 Å². The third kappa shape index (κ3) is 6.05. The summed E-state index contributed by atoms with van der Waals surface area (Å²) < 4.78 is 0. The van der Waals surface area contributed by atoms with Crippen molar-refractivity contribution in [1.29, 1.82) is 0 Å². The van der Waals surface area contributed by atoms with Crippen molar-refractivity contribution in [3.63, 3.8) is 0 Å². The van der Waals surface area contributed by atoms with E-state index in [4.69, 9.17) is 5.11 Å². The molecule has 8 nitrogen and oxygen atoms in total. The number of non-ortho nitro benzene ring substituents is 1. The van der Waals surface area contributed by atoms with E-state index < -0.39 is 16.7 Å². The van der Waals surface area contributed by atoms with Crippen LogP contribution in [0.5, 0.6) is 0 Å². The number of benzene rings is 2. The Labute approximate surface area is 155 Å². The van der Waals surface area contributed by atoms with Gasteiger partial charge in [0.25, 0.3) is 17.5 Å². The standard InChI is InChI=1S/C19H19N3O5/c23-12-4-11-20-19(25)17(21-18(24)15-5-2-1-3-6-15)13-14-7-9-16(10-8-14)22(26)27/h1-3,5-10,13,23H,4,11-12H2,(H,20,25)(H,21,24)/b17-13-. The zero-order valence-electron chi connectivity index (χ0n) is 14.4. The second kappa shape index (κ2) is 9.83. The molecule has 140 valence electrons. The van der Waals surface area contributed by atoms with Crippen LogP contribution < -0.4 is 10.6 Å². The van der Waals surface area contributed by atoms with Gasteiger partial charge in [-0.25, -0.2) is 0 Å². The van der Waals surface area contributed by atoms with E-state index in [1.54, 1.807) is 30.3 Å². The zero-order chi connectivity index (χ0) is 19.6. The van der Waals surface area contributed by atoms with Crippen molar-refractivity contribution in [2.75, 3.05) is 13.2 Å². The summed E-state index contributed by atoms with van der Waals surface area (Å²) in [7, 11) is 0. The van der Waals surface area contributed by atoms with E-state index in [0.29, 0.717) is 17.5 Å². The molecule has 2 rings (SSSR count). The molecule has 0 aliphatic carbocycles. The number of hydrogen-bond donors (Lipinski definition) is 3. The van der Waals surface area contributed by atoms with Crippen molar-refractivity contribution < 1.29 is 19.6 Å². The quantitative estimate of drug-likeness (QED) is 0.284. The Hall–Kier alpha value is -3.52. The van der Waals surface area contributed by atoms with Crippen LogP contribution in [0.25, 0.3) is 6.08 Å². The Balaban J connectivity index is 2.24. The summed E-state index contributed by atoms with van der Waals surface area (Å²) in [6, 6.07) is 14.0. The van der Waals surface area contributed by atoms with Crippen LogP contribution in [0.4, 0.5) is 5.69 Å². The van der Waals surface area contributed by atoms with Crippen molar-refractivity contribution >= 4 is 23.6 Å². The van der Waals surface area contributed by atoms with E-state index in [-0.39, 0.29) is 24.5 Å². The van der Waals surface area contributed by atoms with E-state index in [2.05, 4.69) is 10.6 Å². The number of hydrogen-bond acceptors (Lipinski definition) is 5. The topological polar surface area (TPSA) is 122 Å². The highest BCUT2D eigenvalue weighted by Gasteiger charge is 2.14. The lowest BCUT2D eigenvalue weighted by atomic mass is 10.1. The normalized spacial score (nSPS) is 10.9. The van der Waals surface area contributed by atoms with Crippen molar-refractivity contribution in [2.24, 2.45) is 0 Å². The van der Waals surface area contributed by atoms with Crippen LogP contribution in [-0.4, -0.2) is 35.0 Å². The molecule has 0 atom stereocenters. The van der Waals surface area contributed by atoms with E-state index in [0.717, 1.165) is 0 Å². The van der Waals surface area contributed by atoms with Gasteiger partial charge in [-0.3, -0.25) is 19.7 Å². The van der Waals surface area contributed by atoms with Crippen LogP contribution in [0.15, 0.2) is 60.3 Å². The van der Waals surface area contributed by atoms with Gasteiger partial charge in [-0.15, -0.1) is 0 Å². The molecule has 0 aromatic heterocycles. The number of rotatable bonds is 8. The SMILES string of the molecule is O=C(NCCCO)/C(=C/c1ccc([N+](=O)[O-])cc1)NC(=O)c1ccccc1. The molecular formula is C19H19N3O5. The largest absolute Gasteiger partial charge is 0.396 e. The van der Waals surface area contributed by atoms with Gasteiger partial charge >= 0.3 is 0 Å². The molecule has 0 fully saturated rings. The van der Waals surface area contributed by atoms with E-state index >= 15 is 0 Å². The third-order valence-electron chi connectivity index (χ3n) is 3.56. The molecule has 2 aromatic carbocycles. The third-order valence-corrected chi connectivity index (χ3v) is 3.56. The number of carbonyl (C=O) groups is 2. The maximum absolute atomic E-state index is 12.4. The van der Waals surface area contributed by atoms with Gasteiger partial charge in [0.1, 0.15) is 5.70 Å². The molecule has 0 bridgehead atoms. The molecule has 0 spiro atoms. The van der Waals surface area contributed by atoms with E-state index in [1.807, 2.05) is 0 Å². The molecule has 2 amide bonds. The van der Waals surface area contributed by atoms with Crippen molar-refractivity contribution in [3.05, 3.63) is 81.5 Å². The van der Waals surface area contributed by atoms with Crippen LogP contribution >= 0.6 is 0 Å². The van der Waals surface area contributed by atoms with E-state index in [1.165, 1.54) is 30.3 Å². The minimum absolute atomic E-state index is 0.00403. The molecule has 0 radical (unpaired) electrons. The van der Waals surface area contributed by atoms with Crippen LogP contribution in [0, 0.1) is 10.1 Å². The second-order valence-corrected chi connectivity index (χ2v) is 5.56. The number of nitro groups is 1. The van der Waals surface area contributed by atoms with Crippen molar-refractivity contribution in [2.45, 2.75) is 6.42 Å². The van der Waals surface area contributed by atoms with Gasteiger partial charge in [-0.05, 0) is 42.3 Å². The second-order valence-electron chi connectivity index (χ2n) is 5.56. The highest BCUT2D eigenvalue weighted by atomic mass is 16.6. The molecule has 0 heterocycles. The molecular weight excluding hydrogens is 350 g/mol. The summed E-state index contributed by atoms with van der Waals surface area (Å²) in [5.74, 6) is -0.979. The fourth-order valence-corrected chi connectivity index (χ4v) is 2.18. The highest BCUT2D eigenvalue weighted by molar-refractivity contribution is 6.05. The number of nitrogens with zero attached hydrogens (tertiary/aromatic N) is 1. The number of amides is 2. The predicted octanol–water partition coefficient (Wildman–Crippen LogP) is 1.86. The van der Waals surface area contributed by atoms with E-state index in [9.17, 15) is 19.7 Å². The Bertz CT molecular complexity index is 832. The summed E-state index contributed by atoms with van der Waals surface area (Å²) in [5, 5.41) is 24.7. The minimum atomic E-state index is -0.522. The first kappa shape index (κ1) is 19.8. The molecule has 0 aliphatic heterocycles. The fourth-order valence-electron chi connectivity index (χ4n) is 2.18. The fraction of sp³-hybridized carbons (Fsp3) is 0.158. The van der Waals surface area contributed by atoms with Gasteiger partial charge in [0.05, 0.1) is 4.92 Å². The molecule has 0 saturated carbocycles. The Morgan fingerprint density at radius 2 is 1.74 bits per heavy atom. The maximum Gasteiger partial charge on any atom is 0.269 e. The van der Waals surface area contributed by atoms with Gasteiger partial charge in [-0.2, -0.15) is 0 Å². The average Bonchev–Trinajstić information content (AvgIpc) is 2.68. The smallest absolute Gasteiger partial charge is 0.269 e. The molecule has 3 N–H and O–H groups in total. The number of nitro benzene ring substituents is 1. The summed E-state index contributed by atoms with van der Waals surface area (Å²) in [5.41, 5.74) is 0.821. The Morgan fingerprint density at radius 3 is 2.33 bits per heavy atom. The maximum atomic E-state index is 12.4. The molecule has 0 saturated heterocycles. The molecule has 0 unspecified atom stereocenters. The van der Waals surface area contributed by atoms with Gasteiger partial charge in [0, 0.05) is 30.8 Å². The van der Waals surface area contributed by atoms with Crippen molar-refractivity contribution in [1.82, 2.24) is 10.6 Å². The van der Waals surface area contributed by atoms with Gasteiger partial charge < -0.3 is 15.7 Å². The predicted molar refractivity (Wildman–Crippen MR) is 99.7 cm³/mol. The molecule has 2 aromatic rings. The summed E-state index contributed by atoms with van der Waals surface area (Å²) in [6.07, 6.45) is 1.81. The lowest BCUT2D eigenvalue weighted by Gasteiger charge is -2.11. The zero-order valence-corrected chi connectivity index (χ0v) is 14.4. The summed E-state index contributed by atoms with van der Waals surface area (Å²) >= 11 is 0. The van der Waals surface area contributed by atoms with Crippen molar-refractivity contribution in [3.8, 4) is 0 Å². The first-order chi connectivity index (χ1) is 13.0. The number of nitrogens with one attached hydrogen (secondary N) is 2. The molecule has 0 aliphatic rings. The van der Waals surface area contributed by atoms with Crippen LogP contribution in [-0.2, 0) is 4.79 Å². The molecule has 27 heavy (non-hydrogen) atoms. The van der Waals surface area contributed by atoms with Crippen LogP contribution in [0.3, 0.4) is 0 Å². The summed E-state index contributed by atoms with van der Waals surface area (Å²) in [6.45, 7) is 0.173. The highest BCUT2D eigenvalue weighted by Crippen LogP contribution is 2.14. The number of carbonyl (C=O) groups excluding carboxylic acids is 2. The first-order valence-corrected chi connectivity index (χ1v) is 8.23. The minimum Gasteiger partial charge on any atom is -0.396 e. The number of aliphatic hydroxyl groups is 1. The van der Waals surface area contributed by atoms with Gasteiger partial charge in [-0.1, -0.05) is 18.2 Å². The lowest BCUT2D eigenvalue weighted by molar-refractivity contribution is -0.384. The summed E-state index contributed by atoms with van der Waals surface area (Å²) in [4.78, 5) is 35.0. The van der Waals surface area contributed by atoms with Crippen LogP contribution in [0.1, 0.15) is 22.3 Å². The first-order valence-electron chi connectivity index (χ1n) is 8.23. The average molecular weight is 369 g/mol. The molecule has 8 heteroatoms. The Kier molecular flexibility index (Phi) is 7.21. The van der Waals surface area contributed by atoms with Crippen LogP contribution in [0.2, 0.25) is 0 Å². The van der Waals surface area contributed by atoms with Gasteiger partial charge in [0.2, 0.25) is 0 Å².